The summed E-state index contributed by atoms with van der Waals surface area (Å²) in [6.07, 6.45) is 6.91. The summed E-state index contributed by atoms with van der Waals surface area (Å²) in [6.45, 7) is 7.53. The van der Waals surface area contributed by atoms with Gasteiger partial charge in [-0.1, -0.05) is 52.2 Å². The minimum atomic E-state index is -0.0529. The van der Waals surface area contributed by atoms with E-state index in [-0.39, 0.29) is 17.2 Å². The van der Waals surface area contributed by atoms with Gasteiger partial charge in [-0.25, -0.2) is 0 Å². The van der Waals surface area contributed by atoms with Gasteiger partial charge in [-0.2, -0.15) is 0 Å². The highest BCUT2D eigenvalue weighted by Gasteiger charge is 2.30. The summed E-state index contributed by atoms with van der Waals surface area (Å²) in [6, 6.07) is 9.84. The highest BCUT2D eigenvalue weighted by Crippen LogP contribution is 2.33. The summed E-state index contributed by atoms with van der Waals surface area (Å²) in [7, 11) is 0. The van der Waals surface area contributed by atoms with E-state index in [9.17, 15) is 9.59 Å². The van der Waals surface area contributed by atoms with Gasteiger partial charge in [-0.3, -0.25) is 9.59 Å². The molecule has 0 spiro atoms. The Labute approximate surface area is 185 Å². The first-order valence-corrected chi connectivity index (χ1v) is 11.6. The third-order valence-corrected chi connectivity index (χ3v) is 6.25. The van der Waals surface area contributed by atoms with Crippen molar-refractivity contribution in [2.45, 2.75) is 72.3 Å². The predicted molar refractivity (Wildman–Crippen MR) is 123 cm³/mol. The van der Waals surface area contributed by atoms with Crippen molar-refractivity contribution in [3.8, 4) is 11.3 Å². The first kappa shape index (κ1) is 21.7. The molecule has 5 nitrogen and oxygen atoms in total. The summed E-state index contributed by atoms with van der Waals surface area (Å²) < 4.78 is 6.16. The number of nitrogens with zero attached hydrogens (tertiary/aromatic N) is 1. The molecule has 0 bridgehead atoms. The van der Waals surface area contributed by atoms with Crippen LogP contribution in [-0.4, -0.2) is 23.3 Å². The van der Waals surface area contributed by atoms with Crippen LogP contribution in [0.15, 0.2) is 34.7 Å². The molecule has 166 valence electrons. The number of hydrogen-bond acceptors (Lipinski definition) is 3. The molecule has 1 saturated carbocycles. The highest BCUT2D eigenvalue weighted by atomic mass is 16.3. The first-order valence-electron chi connectivity index (χ1n) is 11.6. The number of fused-ring (bicyclic) bond motifs is 1. The minimum absolute atomic E-state index is 0.0141. The molecule has 0 atom stereocenters. The lowest BCUT2D eigenvalue weighted by Crippen LogP contribution is -2.40. The Balaban J connectivity index is 1.45. The van der Waals surface area contributed by atoms with Crippen LogP contribution in [-0.2, 0) is 22.6 Å². The zero-order valence-corrected chi connectivity index (χ0v) is 19.0. The summed E-state index contributed by atoms with van der Waals surface area (Å²) in [5.74, 6) is 2.31. The van der Waals surface area contributed by atoms with E-state index in [0.717, 1.165) is 54.1 Å². The molecule has 1 N–H and O–H groups in total. The first-order chi connectivity index (χ1) is 14.8. The van der Waals surface area contributed by atoms with Gasteiger partial charge in [-0.15, -0.1) is 0 Å². The van der Waals surface area contributed by atoms with Crippen molar-refractivity contribution >= 4 is 17.5 Å². The molecule has 2 aliphatic rings. The van der Waals surface area contributed by atoms with Crippen LogP contribution in [0.4, 0.5) is 5.69 Å². The average molecular weight is 423 g/mol. The zero-order chi connectivity index (χ0) is 22.0. The Kier molecular flexibility index (Phi) is 6.22. The Bertz CT molecular complexity index is 948. The maximum atomic E-state index is 12.9. The zero-order valence-electron chi connectivity index (χ0n) is 19.0. The van der Waals surface area contributed by atoms with E-state index in [2.05, 4.69) is 32.2 Å². The molecular weight excluding hydrogens is 388 g/mol. The van der Waals surface area contributed by atoms with E-state index in [4.69, 9.17) is 4.42 Å². The van der Waals surface area contributed by atoms with E-state index in [1.165, 1.54) is 19.3 Å². The van der Waals surface area contributed by atoms with E-state index < -0.39 is 0 Å². The minimum Gasteiger partial charge on any atom is -0.461 e. The van der Waals surface area contributed by atoms with Crippen LogP contribution >= 0.6 is 0 Å². The van der Waals surface area contributed by atoms with Gasteiger partial charge < -0.3 is 14.6 Å². The highest BCUT2D eigenvalue weighted by molar-refractivity contribution is 5.91. The number of furan rings is 1. The molecule has 0 saturated heterocycles. The van der Waals surface area contributed by atoms with E-state index in [1.807, 2.05) is 29.2 Å². The Hall–Kier alpha value is -2.56. The van der Waals surface area contributed by atoms with Gasteiger partial charge >= 0.3 is 0 Å². The summed E-state index contributed by atoms with van der Waals surface area (Å²) in [4.78, 5) is 27.2. The van der Waals surface area contributed by atoms with Gasteiger partial charge in [-0.05, 0) is 36.5 Å². The number of hydrogen-bond donors (Lipinski definition) is 1. The van der Waals surface area contributed by atoms with Crippen LogP contribution in [0.1, 0.15) is 70.6 Å². The Morgan fingerprint density at radius 1 is 1.13 bits per heavy atom. The summed E-state index contributed by atoms with van der Waals surface area (Å²) in [5.41, 5.74) is 2.76. The number of carbonyl (C=O) groups excluding carboxylic acids is 2. The number of amides is 2. The van der Waals surface area contributed by atoms with Gasteiger partial charge in [0.15, 0.2) is 0 Å². The van der Waals surface area contributed by atoms with Crippen LogP contribution in [0.2, 0.25) is 0 Å². The number of anilines is 1. The lowest BCUT2D eigenvalue weighted by Gasteiger charge is -2.31. The maximum absolute atomic E-state index is 12.9. The number of rotatable bonds is 4. The standard InChI is InChI=1S/C26H34N2O3/c1-26(2,3)16-24(29)27-21-11-7-10-19(14-21)23-15-20-17-28(13-12-22(20)31-23)25(30)18-8-5-4-6-9-18/h7,10-11,14-15,18H,4-6,8-9,12-13,16-17H2,1-3H3,(H,27,29). The molecule has 0 radical (unpaired) electrons. The molecule has 2 aromatic rings. The normalized spacial score (nSPS) is 17.3. The Morgan fingerprint density at radius 3 is 2.65 bits per heavy atom. The van der Waals surface area contributed by atoms with Crippen LogP contribution in [0.5, 0.6) is 0 Å². The predicted octanol–water partition coefficient (Wildman–Crippen LogP) is 5.79. The third-order valence-electron chi connectivity index (χ3n) is 6.25. The Morgan fingerprint density at radius 2 is 1.90 bits per heavy atom. The lowest BCUT2D eigenvalue weighted by molar-refractivity contribution is -0.137. The van der Waals surface area contributed by atoms with Crippen molar-refractivity contribution in [1.29, 1.82) is 0 Å². The average Bonchev–Trinajstić information content (AvgIpc) is 3.16. The van der Waals surface area contributed by atoms with Gasteiger partial charge in [0.25, 0.3) is 0 Å². The molecule has 2 amide bonds. The van der Waals surface area contributed by atoms with Gasteiger partial charge in [0.2, 0.25) is 11.8 Å². The van der Waals surface area contributed by atoms with Gasteiger partial charge in [0, 0.05) is 48.7 Å². The number of benzene rings is 1. The topological polar surface area (TPSA) is 62.6 Å². The van der Waals surface area contributed by atoms with Crippen LogP contribution in [0.25, 0.3) is 11.3 Å². The molecule has 0 unspecified atom stereocenters. The molecule has 1 aromatic heterocycles. The van der Waals surface area contributed by atoms with E-state index in [1.54, 1.807) is 0 Å². The van der Waals surface area contributed by atoms with Crippen molar-refractivity contribution in [2.24, 2.45) is 11.3 Å². The van der Waals surface area contributed by atoms with Crippen molar-refractivity contribution in [1.82, 2.24) is 4.90 Å². The van der Waals surface area contributed by atoms with Crippen LogP contribution < -0.4 is 5.32 Å². The van der Waals surface area contributed by atoms with E-state index in [0.29, 0.717) is 18.9 Å². The number of nitrogens with one attached hydrogen (secondary N) is 1. The largest absolute Gasteiger partial charge is 0.461 e. The van der Waals surface area contributed by atoms with Crippen molar-refractivity contribution in [2.75, 3.05) is 11.9 Å². The smallest absolute Gasteiger partial charge is 0.225 e. The molecule has 4 rings (SSSR count). The molecular formula is C26H34N2O3. The molecule has 1 aliphatic heterocycles. The SMILES string of the molecule is CC(C)(C)CC(=O)Nc1cccc(-c2cc3c(o2)CCN(C(=O)C2CCCCC2)C3)c1. The molecule has 2 heterocycles. The van der Waals surface area contributed by atoms with Crippen LogP contribution in [0.3, 0.4) is 0 Å². The number of carbonyl (C=O) groups is 2. The molecule has 31 heavy (non-hydrogen) atoms. The third kappa shape index (κ3) is 5.38. The van der Waals surface area contributed by atoms with Crippen LogP contribution in [0, 0.1) is 11.3 Å². The molecule has 1 fully saturated rings. The van der Waals surface area contributed by atoms with E-state index >= 15 is 0 Å². The summed E-state index contributed by atoms with van der Waals surface area (Å²) >= 11 is 0. The van der Waals surface area contributed by atoms with Gasteiger partial charge in [0.1, 0.15) is 11.5 Å². The summed E-state index contributed by atoms with van der Waals surface area (Å²) in [5, 5.41) is 3.00. The second-order valence-corrected chi connectivity index (χ2v) is 10.3. The molecule has 1 aromatic carbocycles. The van der Waals surface area contributed by atoms with Crippen molar-refractivity contribution < 1.29 is 14.0 Å². The van der Waals surface area contributed by atoms with Crippen molar-refractivity contribution in [3.63, 3.8) is 0 Å². The quantitative estimate of drug-likeness (QED) is 0.679. The molecule has 1 aliphatic carbocycles. The lowest BCUT2D eigenvalue weighted by atomic mass is 9.88. The monoisotopic (exact) mass is 422 g/mol. The second kappa shape index (κ2) is 8.89. The van der Waals surface area contributed by atoms with Gasteiger partial charge in [0.05, 0.1) is 0 Å². The second-order valence-electron chi connectivity index (χ2n) is 10.3. The maximum Gasteiger partial charge on any atom is 0.225 e. The van der Waals surface area contributed by atoms with Crippen molar-refractivity contribution in [3.05, 3.63) is 41.7 Å². The fraction of sp³-hybridized carbons (Fsp3) is 0.538. The fourth-order valence-corrected chi connectivity index (χ4v) is 4.71. The molecule has 5 heteroatoms. The fourth-order valence-electron chi connectivity index (χ4n) is 4.71.